The van der Waals surface area contributed by atoms with Crippen LogP contribution in [0.5, 0.6) is 11.6 Å². The lowest BCUT2D eigenvalue weighted by Gasteiger charge is -2.09. The number of nitrogen functional groups attached to an aromatic ring is 1. The smallest absolute Gasteiger partial charge is 0.241 e. The highest BCUT2D eigenvalue weighted by Crippen LogP contribution is 2.35. The second-order valence-electron chi connectivity index (χ2n) is 3.80. The standard InChI is InChI=1S/C12H13Cl2N3O/c1-3-17-12(11(15)7(2)16-17)18-10-5-4-8(13)6-9(10)14/h4-6H,3,15H2,1-2H3. The number of nitrogens with zero attached hydrogens (tertiary/aromatic N) is 2. The molecular formula is C12H13Cl2N3O. The third kappa shape index (κ3) is 2.40. The van der Waals surface area contributed by atoms with Gasteiger partial charge in [-0.15, -0.1) is 0 Å². The van der Waals surface area contributed by atoms with Gasteiger partial charge in [-0.1, -0.05) is 23.2 Å². The fourth-order valence-electron chi connectivity index (χ4n) is 1.56. The number of halogens is 2. The van der Waals surface area contributed by atoms with Gasteiger partial charge in [0.1, 0.15) is 11.4 Å². The van der Waals surface area contributed by atoms with Crippen molar-refractivity contribution in [1.29, 1.82) is 0 Å². The number of aromatic nitrogens is 2. The lowest BCUT2D eigenvalue weighted by Crippen LogP contribution is -2.01. The SMILES string of the molecule is CCn1nc(C)c(N)c1Oc1ccc(Cl)cc1Cl. The van der Waals surface area contributed by atoms with Gasteiger partial charge in [0.15, 0.2) is 0 Å². The number of aryl methyl sites for hydroxylation is 2. The van der Waals surface area contributed by atoms with Crippen LogP contribution in [0.15, 0.2) is 18.2 Å². The monoisotopic (exact) mass is 285 g/mol. The third-order valence-electron chi connectivity index (χ3n) is 2.53. The van der Waals surface area contributed by atoms with Crippen LogP contribution in [0.3, 0.4) is 0 Å². The summed E-state index contributed by atoms with van der Waals surface area (Å²) in [6.07, 6.45) is 0. The van der Waals surface area contributed by atoms with Crippen LogP contribution in [0, 0.1) is 6.92 Å². The van der Waals surface area contributed by atoms with Crippen molar-refractivity contribution in [3.63, 3.8) is 0 Å². The minimum Gasteiger partial charge on any atom is -0.436 e. The lowest BCUT2D eigenvalue weighted by molar-refractivity contribution is 0.418. The highest BCUT2D eigenvalue weighted by molar-refractivity contribution is 6.35. The van der Waals surface area contributed by atoms with Gasteiger partial charge < -0.3 is 10.5 Å². The third-order valence-corrected chi connectivity index (χ3v) is 3.06. The molecule has 0 saturated carbocycles. The zero-order chi connectivity index (χ0) is 13.3. The summed E-state index contributed by atoms with van der Waals surface area (Å²) in [6.45, 7) is 4.46. The summed E-state index contributed by atoms with van der Waals surface area (Å²) in [4.78, 5) is 0. The van der Waals surface area contributed by atoms with Crippen molar-refractivity contribution < 1.29 is 4.74 Å². The molecule has 2 aromatic rings. The summed E-state index contributed by atoms with van der Waals surface area (Å²) in [7, 11) is 0. The van der Waals surface area contributed by atoms with E-state index in [4.69, 9.17) is 33.7 Å². The molecule has 0 amide bonds. The molecule has 1 heterocycles. The first kappa shape index (κ1) is 13.1. The van der Waals surface area contributed by atoms with E-state index in [0.717, 1.165) is 5.69 Å². The Labute approximate surface area is 115 Å². The van der Waals surface area contributed by atoms with Crippen LogP contribution >= 0.6 is 23.2 Å². The fourth-order valence-corrected chi connectivity index (χ4v) is 2.01. The van der Waals surface area contributed by atoms with E-state index in [-0.39, 0.29) is 0 Å². The number of anilines is 1. The fraction of sp³-hybridized carbons (Fsp3) is 0.250. The molecule has 6 heteroatoms. The summed E-state index contributed by atoms with van der Waals surface area (Å²) in [5.41, 5.74) is 7.18. The highest BCUT2D eigenvalue weighted by Gasteiger charge is 2.15. The summed E-state index contributed by atoms with van der Waals surface area (Å²) in [5, 5.41) is 5.26. The second kappa shape index (κ2) is 5.08. The molecule has 0 bridgehead atoms. The molecule has 4 nitrogen and oxygen atoms in total. The molecule has 1 aromatic carbocycles. The van der Waals surface area contributed by atoms with Crippen LogP contribution in [-0.2, 0) is 6.54 Å². The van der Waals surface area contributed by atoms with Crippen molar-refractivity contribution >= 4 is 28.9 Å². The molecule has 2 rings (SSSR count). The number of nitrogens with two attached hydrogens (primary N) is 1. The molecule has 0 radical (unpaired) electrons. The minimum atomic E-state index is 0.434. The van der Waals surface area contributed by atoms with Gasteiger partial charge in [0.05, 0.1) is 10.7 Å². The molecule has 2 N–H and O–H groups in total. The van der Waals surface area contributed by atoms with Crippen molar-refractivity contribution in [1.82, 2.24) is 9.78 Å². The molecular weight excluding hydrogens is 273 g/mol. The second-order valence-corrected chi connectivity index (χ2v) is 4.64. The predicted octanol–water partition coefficient (Wildman–Crippen LogP) is 3.89. The molecule has 0 spiro atoms. The Morgan fingerprint density at radius 2 is 2.11 bits per heavy atom. The van der Waals surface area contributed by atoms with Crippen LogP contribution < -0.4 is 10.5 Å². The molecule has 18 heavy (non-hydrogen) atoms. The van der Waals surface area contributed by atoms with Crippen molar-refractivity contribution in [3.8, 4) is 11.6 Å². The van der Waals surface area contributed by atoms with Crippen molar-refractivity contribution in [2.24, 2.45) is 0 Å². The van der Waals surface area contributed by atoms with Gasteiger partial charge in [0.25, 0.3) is 0 Å². The number of hydrogen-bond acceptors (Lipinski definition) is 3. The lowest BCUT2D eigenvalue weighted by atomic mass is 10.3. The molecule has 0 saturated heterocycles. The topological polar surface area (TPSA) is 53.1 Å². The molecule has 0 fully saturated rings. The summed E-state index contributed by atoms with van der Waals surface area (Å²) < 4.78 is 7.41. The Morgan fingerprint density at radius 1 is 1.39 bits per heavy atom. The van der Waals surface area contributed by atoms with Crippen LogP contribution in [0.4, 0.5) is 5.69 Å². The van der Waals surface area contributed by atoms with E-state index >= 15 is 0 Å². The van der Waals surface area contributed by atoms with Crippen LogP contribution in [0.2, 0.25) is 10.0 Å². The minimum absolute atomic E-state index is 0.434. The quantitative estimate of drug-likeness (QED) is 0.931. The zero-order valence-corrected chi connectivity index (χ0v) is 11.6. The first-order chi connectivity index (χ1) is 8.52. The molecule has 96 valence electrons. The summed E-state index contributed by atoms with van der Waals surface area (Å²) >= 11 is 11.9. The number of rotatable bonds is 3. The van der Waals surface area contributed by atoms with Crippen LogP contribution in [0.1, 0.15) is 12.6 Å². The molecule has 0 aliphatic rings. The molecule has 0 atom stereocenters. The molecule has 1 aromatic heterocycles. The first-order valence-corrected chi connectivity index (χ1v) is 6.24. The van der Waals surface area contributed by atoms with E-state index in [0.29, 0.717) is 33.9 Å². The summed E-state index contributed by atoms with van der Waals surface area (Å²) in [5.74, 6) is 1.00. The Balaban J connectivity index is 2.39. The Morgan fingerprint density at radius 3 is 2.72 bits per heavy atom. The number of benzene rings is 1. The van der Waals surface area contributed by atoms with Crippen LogP contribution in [-0.4, -0.2) is 9.78 Å². The van der Waals surface area contributed by atoms with Gasteiger partial charge >= 0.3 is 0 Å². The Bertz CT molecular complexity index is 581. The van der Waals surface area contributed by atoms with Gasteiger partial charge in [-0.25, -0.2) is 4.68 Å². The van der Waals surface area contributed by atoms with E-state index in [1.807, 2.05) is 13.8 Å². The molecule has 0 aliphatic heterocycles. The summed E-state index contributed by atoms with van der Waals surface area (Å²) in [6, 6.07) is 5.03. The maximum Gasteiger partial charge on any atom is 0.241 e. The van der Waals surface area contributed by atoms with Crippen molar-refractivity contribution in [3.05, 3.63) is 33.9 Å². The van der Waals surface area contributed by atoms with E-state index in [1.165, 1.54) is 0 Å². The maximum atomic E-state index is 6.05. The maximum absolute atomic E-state index is 6.05. The number of hydrogen-bond donors (Lipinski definition) is 1. The van der Waals surface area contributed by atoms with E-state index < -0.39 is 0 Å². The first-order valence-electron chi connectivity index (χ1n) is 5.48. The van der Waals surface area contributed by atoms with Gasteiger partial charge in [-0.2, -0.15) is 5.10 Å². The number of ether oxygens (including phenoxy) is 1. The molecule has 0 unspecified atom stereocenters. The van der Waals surface area contributed by atoms with Crippen LogP contribution in [0.25, 0.3) is 0 Å². The Hall–Kier alpha value is -1.39. The predicted molar refractivity (Wildman–Crippen MR) is 73.6 cm³/mol. The Kier molecular flexibility index (Phi) is 3.68. The average Bonchev–Trinajstić information content (AvgIpc) is 2.60. The van der Waals surface area contributed by atoms with E-state index in [2.05, 4.69) is 5.10 Å². The van der Waals surface area contributed by atoms with Gasteiger partial charge in [0.2, 0.25) is 5.88 Å². The van der Waals surface area contributed by atoms with Gasteiger partial charge in [-0.3, -0.25) is 0 Å². The largest absolute Gasteiger partial charge is 0.436 e. The zero-order valence-electron chi connectivity index (χ0n) is 10.1. The normalized spacial score (nSPS) is 10.7. The molecule has 0 aliphatic carbocycles. The van der Waals surface area contributed by atoms with E-state index in [9.17, 15) is 0 Å². The highest BCUT2D eigenvalue weighted by atomic mass is 35.5. The van der Waals surface area contributed by atoms with Crippen molar-refractivity contribution in [2.45, 2.75) is 20.4 Å². The average molecular weight is 286 g/mol. The van der Waals surface area contributed by atoms with Gasteiger partial charge in [0, 0.05) is 11.6 Å². The van der Waals surface area contributed by atoms with Gasteiger partial charge in [-0.05, 0) is 32.0 Å². The van der Waals surface area contributed by atoms with Crippen molar-refractivity contribution in [2.75, 3.05) is 5.73 Å². The van der Waals surface area contributed by atoms with E-state index in [1.54, 1.807) is 22.9 Å².